The van der Waals surface area contributed by atoms with Crippen molar-refractivity contribution in [1.82, 2.24) is 15.2 Å². The maximum absolute atomic E-state index is 12.5. The molecule has 0 N–H and O–H groups in total. The third-order valence-corrected chi connectivity index (χ3v) is 4.79. The van der Waals surface area contributed by atoms with E-state index in [0.29, 0.717) is 17.9 Å². The fourth-order valence-corrected chi connectivity index (χ4v) is 2.99. The third-order valence-electron chi connectivity index (χ3n) is 2.65. The Morgan fingerprint density at radius 2 is 2.10 bits per heavy atom. The second-order valence-corrected chi connectivity index (χ2v) is 6.14. The van der Waals surface area contributed by atoms with Gasteiger partial charge in [0.2, 0.25) is 10.1 Å². The van der Waals surface area contributed by atoms with Gasteiger partial charge in [0.25, 0.3) is 0 Å². The topological polar surface area (TPSA) is 51.1 Å². The van der Waals surface area contributed by atoms with Crippen molar-refractivity contribution in [3.63, 3.8) is 0 Å². The lowest BCUT2D eigenvalue weighted by Gasteiger charge is -2.13. The highest BCUT2D eigenvalue weighted by Gasteiger charge is 2.36. The summed E-state index contributed by atoms with van der Waals surface area (Å²) in [5, 5.41) is 8.66. The second-order valence-electron chi connectivity index (χ2n) is 4.30. The molecule has 0 bridgehead atoms. The Balaban J connectivity index is 2.06. The average Bonchev–Trinajstić information content (AvgIpc) is 3.05. The molecule has 0 aromatic carbocycles. The van der Waals surface area contributed by atoms with Crippen molar-refractivity contribution >= 4 is 27.8 Å². The molecule has 2 heterocycles. The number of ether oxygens (including phenoxy) is 1. The standard InChI is InChI=1S/C11H13F3N4OS2/c1-6(19-3)8-15-7(5-20-8)4-18(2)10-17-16-9(21-10)11(12,13)14/h5-6H,4H2,1-3H3/t6-/m0/s1. The van der Waals surface area contributed by atoms with Gasteiger partial charge in [0.05, 0.1) is 12.2 Å². The molecule has 1 atom stereocenters. The Labute approximate surface area is 127 Å². The van der Waals surface area contributed by atoms with E-state index in [4.69, 9.17) is 4.74 Å². The zero-order valence-electron chi connectivity index (χ0n) is 11.5. The first-order chi connectivity index (χ1) is 9.81. The predicted molar refractivity (Wildman–Crippen MR) is 74.6 cm³/mol. The van der Waals surface area contributed by atoms with Gasteiger partial charge in [-0.2, -0.15) is 13.2 Å². The minimum Gasteiger partial charge on any atom is -0.375 e. The SMILES string of the molecule is CO[C@@H](C)c1nc(CN(C)c2nnc(C(F)(F)F)s2)cs1. The molecule has 0 radical (unpaired) electrons. The van der Waals surface area contributed by atoms with E-state index in [-0.39, 0.29) is 11.2 Å². The average molecular weight is 338 g/mol. The Hall–Kier alpha value is -1.26. The summed E-state index contributed by atoms with van der Waals surface area (Å²) in [6.45, 7) is 2.24. The lowest BCUT2D eigenvalue weighted by Crippen LogP contribution is -2.16. The number of alkyl halides is 3. The molecule has 0 unspecified atom stereocenters. The molecule has 0 aliphatic rings. The molecule has 0 spiro atoms. The Bertz CT molecular complexity index is 598. The molecule has 10 heteroatoms. The van der Waals surface area contributed by atoms with Crippen LogP contribution < -0.4 is 4.90 Å². The lowest BCUT2D eigenvalue weighted by atomic mass is 10.4. The van der Waals surface area contributed by atoms with Crippen LogP contribution >= 0.6 is 22.7 Å². The highest BCUT2D eigenvalue weighted by molar-refractivity contribution is 7.15. The van der Waals surface area contributed by atoms with Crippen LogP contribution in [0.4, 0.5) is 18.3 Å². The van der Waals surface area contributed by atoms with Crippen LogP contribution in [-0.4, -0.2) is 29.3 Å². The Morgan fingerprint density at radius 1 is 1.38 bits per heavy atom. The number of hydrogen-bond acceptors (Lipinski definition) is 7. The third kappa shape index (κ3) is 3.89. The van der Waals surface area contributed by atoms with Gasteiger partial charge >= 0.3 is 6.18 Å². The van der Waals surface area contributed by atoms with Crippen molar-refractivity contribution in [3.05, 3.63) is 21.1 Å². The first-order valence-electron chi connectivity index (χ1n) is 5.90. The van der Waals surface area contributed by atoms with Crippen molar-refractivity contribution in [3.8, 4) is 0 Å². The van der Waals surface area contributed by atoms with E-state index in [9.17, 15) is 13.2 Å². The molecule has 21 heavy (non-hydrogen) atoms. The zero-order chi connectivity index (χ0) is 15.6. The van der Waals surface area contributed by atoms with Gasteiger partial charge in [0.15, 0.2) is 0 Å². The number of rotatable bonds is 5. The molecule has 0 fully saturated rings. The number of thiazole rings is 1. The van der Waals surface area contributed by atoms with E-state index >= 15 is 0 Å². The maximum Gasteiger partial charge on any atom is 0.445 e. The number of nitrogens with zero attached hydrogens (tertiary/aromatic N) is 4. The van der Waals surface area contributed by atoms with E-state index in [2.05, 4.69) is 15.2 Å². The summed E-state index contributed by atoms with van der Waals surface area (Å²) in [6.07, 6.45) is -4.56. The van der Waals surface area contributed by atoms with Crippen LogP contribution in [0.25, 0.3) is 0 Å². The maximum atomic E-state index is 12.5. The number of hydrogen-bond donors (Lipinski definition) is 0. The van der Waals surface area contributed by atoms with Gasteiger partial charge in [-0.15, -0.1) is 21.5 Å². The van der Waals surface area contributed by atoms with Crippen molar-refractivity contribution in [2.45, 2.75) is 25.7 Å². The first-order valence-corrected chi connectivity index (χ1v) is 7.59. The monoisotopic (exact) mass is 338 g/mol. The Kier molecular flexibility index (Phi) is 4.79. The first kappa shape index (κ1) is 16.1. The molecular formula is C11H13F3N4OS2. The van der Waals surface area contributed by atoms with Gasteiger partial charge in [0.1, 0.15) is 11.1 Å². The molecule has 2 rings (SSSR count). The number of anilines is 1. The van der Waals surface area contributed by atoms with Gasteiger partial charge in [-0.05, 0) is 6.92 Å². The van der Waals surface area contributed by atoms with Gasteiger partial charge in [0, 0.05) is 19.5 Å². The molecule has 0 amide bonds. The summed E-state index contributed by atoms with van der Waals surface area (Å²) in [5.74, 6) is 0. The van der Waals surface area contributed by atoms with Crippen molar-refractivity contribution in [2.75, 3.05) is 19.1 Å². The van der Waals surface area contributed by atoms with Crippen LogP contribution in [0.1, 0.15) is 28.7 Å². The van der Waals surface area contributed by atoms with Crippen molar-refractivity contribution in [1.29, 1.82) is 0 Å². The minimum atomic E-state index is -4.46. The Morgan fingerprint density at radius 3 is 2.67 bits per heavy atom. The number of aromatic nitrogens is 3. The van der Waals surface area contributed by atoms with Gasteiger partial charge in [-0.3, -0.25) is 0 Å². The smallest absolute Gasteiger partial charge is 0.375 e. The van der Waals surface area contributed by atoms with Crippen molar-refractivity contribution < 1.29 is 17.9 Å². The predicted octanol–water partition coefficient (Wildman–Crippen LogP) is 3.36. The molecule has 0 saturated carbocycles. The molecule has 0 aliphatic heterocycles. The van der Waals surface area contributed by atoms with E-state index < -0.39 is 11.2 Å². The van der Waals surface area contributed by atoms with E-state index in [0.717, 1.165) is 10.7 Å². The number of halogens is 3. The second kappa shape index (κ2) is 6.24. The van der Waals surface area contributed by atoms with Gasteiger partial charge < -0.3 is 9.64 Å². The molecule has 0 aliphatic carbocycles. The van der Waals surface area contributed by atoms with Crippen LogP contribution in [0.5, 0.6) is 0 Å². The van der Waals surface area contributed by atoms with Crippen molar-refractivity contribution in [2.24, 2.45) is 0 Å². The van der Waals surface area contributed by atoms with Gasteiger partial charge in [-0.1, -0.05) is 11.3 Å². The van der Waals surface area contributed by atoms with E-state index in [1.165, 1.54) is 11.3 Å². The van der Waals surface area contributed by atoms with Gasteiger partial charge in [-0.25, -0.2) is 4.98 Å². The zero-order valence-corrected chi connectivity index (χ0v) is 13.1. The summed E-state index contributed by atoms with van der Waals surface area (Å²) < 4.78 is 42.6. The number of methoxy groups -OCH3 is 1. The quantitative estimate of drug-likeness (QED) is 0.837. The fourth-order valence-electron chi connectivity index (χ4n) is 1.48. The summed E-state index contributed by atoms with van der Waals surface area (Å²) in [6, 6.07) is 0. The molecule has 116 valence electrons. The molecular weight excluding hydrogens is 325 g/mol. The molecule has 2 aromatic rings. The molecule has 5 nitrogen and oxygen atoms in total. The molecule has 2 aromatic heterocycles. The van der Waals surface area contributed by atoms with Crippen LogP contribution in [0, 0.1) is 0 Å². The van der Waals surface area contributed by atoms with E-state index in [1.807, 2.05) is 12.3 Å². The lowest BCUT2D eigenvalue weighted by molar-refractivity contribution is -0.138. The van der Waals surface area contributed by atoms with Crippen LogP contribution in [0.2, 0.25) is 0 Å². The fraction of sp³-hybridized carbons (Fsp3) is 0.545. The molecule has 0 saturated heterocycles. The van der Waals surface area contributed by atoms with Crippen LogP contribution in [0.3, 0.4) is 0 Å². The summed E-state index contributed by atoms with van der Waals surface area (Å²) >= 11 is 1.97. The summed E-state index contributed by atoms with van der Waals surface area (Å²) in [4.78, 5) is 5.97. The minimum absolute atomic E-state index is 0.104. The highest BCUT2D eigenvalue weighted by atomic mass is 32.1. The normalized spacial score (nSPS) is 13.4. The largest absolute Gasteiger partial charge is 0.445 e. The summed E-state index contributed by atoms with van der Waals surface area (Å²) in [7, 11) is 3.25. The van der Waals surface area contributed by atoms with E-state index in [1.54, 1.807) is 19.1 Å². The summed E-state index contributed by atoms with van der Waals surface area (Å²) in [5.41, 5.74) is 0.755. The van der Waals surface area contributed by atoms with Crippen LogP contribution in [0.15, 0.2) is 5.38 Å². The highest BCUT2D eigenvalue weighted by Crippen LogP contribution is 2.34. The van der Waals surface area contributed by atoms with Crippen LogP contribution in [-0.2, 0) is 17.5 Å².